The van der Waals surface area contributed by atoms with Crippen molar-refractivity contribution in [2.45, 2.75) is 11.8 Å². The van der Waals surface area contributed by atoms with E-state index in [0.717, 1.165) is 11.8 Å². The number of hydrogen-bond donors (Lipinski definition) is 2. The van der Waals surface area contributed by atoms with Crippen LogP contribution < -0.4 is 10.5 Å². The molecule has 0 unspecified atom stereocenters. The Labute approximate surface area is 123 Å². The predicted octanol–water partition coefficient (Wildman–Crippen LogP) is 2.47. The highest BCUT2D eigenvalue weighted by molar-refractivity contribution is 7.90. The first-order chi connectivity index (χ1) is 9.77. The van der Waals surface area contributed by atoms with E-state index in [-0.39, 0.29) is 10.7 Å². The summed E-state index contributed by atoms with van der Waals surface area (Å²) in [5.74, 6) is 0.857. The molecule has 21 heavy (non-hydrogen) atoms. The molecule has 0 aliphatic heterocycles. The van der Waals surface area contributed by atoms with Crippen molar-refractivity contribution in [2.75, 3.05) is 6.26 Å². The van der Waals surface area contributed by atoms with E-state index in [1.54, 1.807) is 24.3 Å². The fraction of sp³-hybridized carbons (Fsp3) is 0.133. The molecule has 0 fully saturated rings. The van der Waals surface area contributed by atoms with Crippen molar-refractivity contribution >= 4 is 15.7 Å². The predicted molar refractivity (Wildman–Crippen MR) is 81.8 cm³/mol. The lowest BCUT2D eigenvalue weighted by atomic mass is 10.1. The van der Waals surface area contributed by atoms with Crippen molar-refractivity contribution in [2.24, 2.45) is 5.73 Å². The highest BCUT2D eigenvalue weighted by Crippen LogP contribution is 2.27. The van der Waals surface area contributed by atoms with Crippen LogP contribution in [0.5, 0.6) is 11.5 Å². The molecule has 0 saturated heterocycles. The normalized spacial score (nSPS) is 11.1. The number of nitrogens with two attached hydrogens (primary N) is 1. The first-order valence-electron chi connectivity index (χ1n) is 6.20. The SMILES string of the molecule is Cc1ccc(Oc2ccc(S(C)(=O)=O)cc2)c(C(=N)N)c1. The van der Waals surface area contributed by atoms with Crippen LogP contribution in [0.15, 0.2) is 47.4 Å². The van der Waals surface area contributed by atoms with E-state index in [9.17, 15) is 8.42 Å². The monoisotopic (exact) mass is 304 g/mol. The first kappa shape index (κ1) is 15.1. The number of hydrogen-bond acceptors (Lipinski definition) is 4. The third-order valence-corrected chi connectivity index (χ3v) is 4.03. The maximum atomic E-state index is 11.4. The summed E-state index contributed by atoms with van der Waals surface area (Å²) in [6.45, 7) is 1.90. The van der Waals surface area contributed by atoms with Gasteiger partial charge >= 0.3 is 0 Å². The number of nitrogens with one attached hydrogen (secondary N) is 1. The summed E-state index contributed by atoms with van der Waals surface area (Å²) in [4.78, 5) is 0.227. The van der Waals surface area contributed by atoms with Crippen molar-refractivity contribution in [3.8, 4) is 11.5 Å². The Bertz CT molecular complexity index is 781. The third-order valence-electron chi connectivity index (χ3n) is 2.90. The van der Waals surface area contributed by atoms with E-state index in [0.29, 0.717) is 17.1 Å². The van der Waals surface area contributed by atoms with Crippen molar-refractivity contribution in [3.63, 3.8) is 0 Å². The van der Waals surface area contributed by atoms with E-state index < -0.39 is 9.84 Å². The van der Waals surface area contributed by atoms with Gasteiger partial charge in [0.05, 0.1) is 10.5 Å². The van der Waals surface area contributed by atoms with Gasteiger partial charge < -0.3 is 10.5 Å². The topological polar surface area (TPSA) is 93.2 Å². The number of aryl methyl sites for hydroxylation is 1. The van der Waals surface area contributed by atoms with Gasteiger partial charge in [-0.3, -0.25) is 5.41 Å². The second-order valence-electron chi connectivity index (χ2n) is 4.76. The van der Waals surface area contributed by atoms with Crippen LogP contribution in [0.4, 0.5) is 0 Å². The van der Waals surface area contributed by atoms with E-state index in [2.05, 4.69) is 0 Å². The quantitative estimate of drug-likeness (QED) is 0.670. The van der Waals surface area contributed by atoms with Crippen molar-refractivity contribution in [3.05, 3.63) is 53.6 Å². The number of ether oxygens (including phenoxy) is 1. The Hall–Kier alpha value is -2.34. The molecule has 0 heterocycles. The smallest absolute Gasteiger partial charge is 0.175 e. The highest BCUT2D eigenvalue weighted by atomic mass is 32.2. The molecule has 0 atom stereocenters. The zero-order valence-corrected chi connectivity index (χ0v) is 12.6. The van der Waals surface area contributed by atoms with Gasteiger partial charge in [-0.2, -0.15) is 0 Å². The lowest BCUT2D eigenvalue weighted by Gasteiger charge is -2.11. The number of sulfone groups is 1. The minimum atomic E-state index is -3.23. The minimum Gasteiger partial charge on any atom is -0.457 e. The Morgan fingerprint density at radius 2 is 1.76 bits per heavy atom. The molecule has 0 aliphatic carbocycles. The van der Waals surface area contributed by atoms with Crippen LogP contribution in [0.3, 0.4) is 0 Å². The molecule has 110 valence electrons. The lowest BCUT2D eigenvalue weighted by molar-refractivity contribution is 0.481. The molecule has 0 aromatic heterocycles. The highest BCUT2D eigenvalue weighted by Gasteiger charge is 2.10. The molecule has 5 nitrogen and oxygen atoms in total. The van der Waals surface area contributed by atoms with E-state index >= 15 is 0 Å². The van der Waals surface area contributed by atoms with Crippen LogP contribution in [0, 0.1) is 12.3 Å². The van der Waals surface area contributed by atoms with Gasteiger partial charge in [0.15, 0.2) is 9.84 Å². The molecule has 6 heteroatoms. The number of nitrogen functional groups attached to an aromatic ring is 1. The molecule has 0 bridgehead atoms. The summed E-state index contributed by atoms with van der Waals surface area (Å²) >= 11 is 0. The number of rotatable bonds is 4. The Balaban J connectivity index is 2.33. The summed E-state index contributed by atoms with van der Waals surface area (Å²) in [6, 6.07) is 11.4. The molecule has 2 aromatic carbocycles. The second kappa shape index (κ2) is 5.57. The molecular weight excluding hydrogens is 288 g/mol. The summed E-state index contributed by atoms with van der Waals surface area (Å²) in [7, 11) is -3.23. The molecule has 2 aromatic rings. The minimum absolute atomic E-state index is 0.0820. The summed E-state index contributed by atoms with van der Waals surface area (Å²) in [5, 5.41) is 7.57. The fourth-order valence-electron chi connectivity index (χ4n) is 1.83. The number of amidine groups is 1. The van der Waals surface area contributed by atoms with Gasteiger partial charge in [0, 0.05) is 6.26 Å². The molecule has 0 aliphatic rings. The summed E-state index contributed by atoms with van der Waals surface area (Å²) < 4.78 is 28.5. The van der Waals surface area contributed by atoms with E-state index in [1.807, 2.05) is 13.0 Å². The van der Waals surface area contributed by atoms with Crippen molar-refractivity contribution in [1.82, 2.24) is 0 Å². The van der Waals surface area contributed by atoms with Gasteiger partial charge in [-0.25, -0.2) is 8.42 Å². The third kappa shape index (κ3) is 3.61. The van der Waals surface area contributed by atoms with Gasteiger partial charge in [-0.05, 0) is 43.3 Å². The zero-order chi connectivity index (χ0) is 15.6. The van der Waals surface area contributed by atoms with Crippen LogP contribution in [-0.2, 0) is 9.84 Å². The zero-order valence-electron chi connectivity index (χ0n) is 11.8. The Morgan fingerprint density at radius 3 is 2.29 bits per heavy atom. The maximum Gasteiger partial charge on any atom is 0.175 e. The molecule has 0 amide bonds. The van der Waals surface area contributed by atoms with Gasteiger partial charge in [0.2, 0.25) is 0 Å². The van der Waals surface area contributed by atoms with Crippen molar-refractivity contribution < 1.29 is 13.2 Å². The summed E-state index contributed by atoms with van der Waals surface area (Å²) in [6.07, 6.45) is 1.15. The van der Waals surface area contributed by atoms with Gasteiger partial charge in [0.25, 0.3) is 0 Å². The lowest BCUT2D eigenvalue weighted by Crippen LogP contribution is -2.12. The maximum absolute atomic E-state index is 11.4. The van der Waals surface area contributed by atoms with Crippen LogP contribution in [0.25, 0.3) is 0 Å². The van der Waals surface area contributed by atoms with E-state index in [4.69, 9.17) is 15.9 Å². The van der Waals surface area contributed by atoms with Gasteiger partial charge in [-0.15, -0.1) is 0 Å². The number of benzene rings is 2. The summed E-state index contributed by atoms with van der Waals surface area (Å²) in [5.41, 5.74) is 7.02. The van der Waals surface area contributed by atoms with E-state index in [1.165, 1.54) is 12.1 Å². The molecule has 2 rings (SSSR count). The van der Waals surface area contributed by atoms with Gasteiger partial charge in [0.1, 0.15) is 17.3 Å². The van der Waals surface area contributed by atoms with Crippen LogP contribution in [-0.4, -0.2) is 20.5 Å². The Kier molecular flexibility index (Phi) is 3.99. The molecule has 3 N–H and O–H groups in total. The molecule has 0 spiro atoms. The molecule has 0 radical (unpaired) electrons. The Morgan fingerprint density at radius 1 is 1.14 bits per heavy atom. The first-order valence-corrected chi connectivity index (χ1v) is 8.09. The fourth-order valence-corrected chi connectivity index (χ4v) is 2.46. The van der Waals surface area contributed by atoms with Crippen LogP contribution in [0.2, 0.25) is 0 Å². The molecule has 0 saturated carbocycles. The second-order valence-corrected chi connectivity index (χ2v) is 6.77. The average molecular weight is 304 g/mol. The standard InChI is InChI=1S/C15H16N2O3S/c1-10-3-8-14(13(9-10)15(16)17)20-11-4-6-12(7-5-11)21(2,18)19/h3-9H,1-2H3,(H3,16,17). The van der Waals surface area contributed by atoms with Crippen LogP contribution in [0.1, 0.15) is 11.1 Å². The van der Waals surface area contributed by atoms with Gasteiger partial charge in [-0.1, -0.05) is 11.6 Å². The largest absolute Gasteiger partial charge is 0.457 e. The molecular formula is C15H16N2O3S. The van der Waals surface area contributed by atoms with Crippen molar-refractivity contribution in [1.29, 1.82) is 5.41 Å². The van der Waals surface area contributed by atoms with Crippen LogP contribution >= 0.6 is 0 Å². The average Bonchev–Trinajstić information content (AvgIpc) is 2.40.